The average molecular weight is 279 g/mol. The second kappa shape index (κ2) is 7.17. The molecule has 0 spiro atoms. The van der Waals surface area contributed by atoms with Gasteiger partial charge >= 0.3 is 5.97 Å². The molecule has 5 heteroatoms. The summed E-state index contributed by atoms with van der Waals surface area (Å²) in [6, 6.07) is 3.61. The van der Waals surface area contributed by atoms with Crippen molar-refractivity contribution in [1.82, 2.24) is 4.98 Å². The fourth-order valence-electron chi connectivity index (χ4n) is 1.51. The molecule has 0 atom stereocenters. The number of methoxy groups -OCH3 is 2. The van der Waals surface area contributed by atoms with Gasteiger partial charge in [0.2, 0.25) is 0 Å². The number of nitrogens with zero attached hydrogens (tertiary/aromatic N) is 1. The minimum absolute atomic E-state index is 0.393. The van der Waals surface area contributed by atoms with E-state index in [-0.39, 0.29) is 0 Å². The van der Waals surface area contributed by atoms with Crippen LogP contribution in [0, 0.1) is 0 Å². The largest absolute Gasteiger partial charge is 0.457 e. The van der Waals surface area contributed by atoms with E-state index >= 15 is 0 Å². The van der Waals surface area contributed by atoms with E-state index in [0.717, 1.165) is 5.56 Å². The molecule has 0 aliphatic carbocycles. The van der Waals surface area contributed by atoms with Crippen LogP contribution in [-0.2, 0) is 19.0 Å². The molecule has 1 aromatic heterocycles. The van der Waals surface area contributed by atoms with Crippen LogP contribution in [0.3, 0.4) is 0 Å². The molecule has 5 nitrogen and oxygen atoms in total. The number of rotatable bonds is 5. The first-order valence-corrected chi connectivity index (χ1v) is 6.28. The van der Waals surface area contributed by atoms with Crippen LogP contribution in [-0.4, -0.2) is 30.8 Å². The van der Waals surface area contributed by atoms with E-state index in [1.54, 1.807) is 32.6 Å². The molecule has 0 fully saturated rings. The van der Waals surface area contributed by atoms with Gasteiger partial charge in [0.15, 0.2) is 6.29 Å². The van der Waals surface area contributed by atoms with Crippen molar-refractivity contribution in [2.75, 3.05) is 14.2 Å². The van der Waals surface area contributed by atoms with Gasteiger partial charge in [-0.2, -0.15) is 0 Å². The Morgan fingerprint density at radius 1 is 1.25 bits per heavy atom. The highest BCUT2D eigenvalue weighted by molar-refractivity contribution is 5.86. The summed E-state index contributed by atoms with van der Waals surface area (Å²) in [5, 5.41) is 0. The lowest BCUT2D eigenvalue weighted by Crippen LogP contribution is -2.22. The first-order valence-electron chi connectivity index (χ1n) is 6.28. The van der Waals surface area contributed by atoms with Crippen LogP contribution in [0.1, 0.15) is 38.3 Å². The molecule has 0 radical (unpaired) electrons. The number of carbonyl (C=O) groups excluding carboxylic acids is 1. The minimum Gasteiger partial charge on any atom is -0.457 e. The molecular weight excluding hydrogens is 258 g/mol. The van der Waals surface area contributed by atoms with Gasteiger partial charge in [0, 0.05) is 32.1 Å². The van der Waals surface area contributed by atoms with Crippen molar-refractivity contribution in [2.45, 2.75) is 32.7 Å². The molecule has 0 unspecified atom stereocenters. The van der Waals surface area contributed by atoms with Crippen LogP contribution in [0.4, 0.5) is 0 Å². The number of hydrogen-bond donors (Lipinski definition) is 0. The monoisotopic (exact) mass is 279 g/mol. The third kappa shape index (κ3) is 5.50. The Morgan fingerprint density at radius 3 is 2.35 bits per heavy atom. The van der Waals surface area contributed by atoms with Crippen molar-refractivity contribution >= 4 is 12.0 Å². The number of carbonyl (C=O) groups is 1. The lowest BCUT2D eigenvalue weighted by Gasteiger charge is -2.17. The van der Waals surface area contributed by atoms with Gasteiger partial charge < -0.3 is 14.2 Å². The van der Waals surface area contributed by atoms with Crippen LogP contribution in [0.25, 0.3) is 6.08 Å². The normalized spacial score (nSPS) is 12.1. The predicted molar refractivity (Wildman–Crippen MR) is 75.9 cm³/mol. The second-order valence-corrected chi connectivity index (χ2v) is 5.19. The predicted octanol–water partition coefficient (Wildman–Crippen LogP) is 2.73. The van der Waals surface area contributed by atoms with Gasteiger partial charge in [-0.1, -0.05) is 6.07 Å². The Kier molecular flexibility index (Phi) is 5.85. The van der Waals surface area contributed by atoms with Gasteiger partial charge in [-0.05, 0) is 32.9 Å². The van der Waals surface area contributed by atoms with Crippen LogP contribution < -0.4 is 0 Å². The van der Waals surface area contributed by atoms with Gasteiger partial charge in [-0.25, -0.2) is 4.79 Å². The molecule has 0 N–H and O–H groups in total. The molecule has 110 valence electrons. The fourth-order valence-corrected chi connectivity index (χ4v) is 1.51. The van der Waals surface area contributed by atoms with E-state index in [4.69, 9.17) is 14.2 Å². The summed E-state index contributed by atoms with van der Waals surface area (Å²) in [5.74, 6) is -0.393. The van der Waals surface area contributed by atoms with E-state index < -0.39 is 17.9 Å². The van der Waals surface area contributed by atoms with Gasteiger partial charge in [0.25, 0.3) is 0 Å². The summed E-state index contributed by atoms with van der Waals surface area (Å²) in [6.07, 6.45) is 4.17. The van der Waals surface area contributed by atoms with E-state index in [9.17, 15) is 4.79 Å². The number of esters is 1. The number of ether oxygens (including phenoxy) is 3. The highest BCUT2D eigenvalue weighted by Gasteiger charge is 2.14. The maximum absolute atomic E-state index is 11.5. The first-order chi connectivity index (χ1) is 9.35. The molecule has 0 saturated carbocycles. The molecule has 1 aromatic rings. The van der Waals surface area contributed by atoms with E-state index in [0.29, 0.717) is 5.69 Å². The molecule has 0 bridgehead atoms. The Bertz CT molecular complexity index is 456. The summed E-state index contributed by atoms with van der Waals surface area (Å²) in [7, 11) is 3.12. The van der Waals surface area contributed by atoms with Crippen molar-refractivity contribution in [2.24, 2.45) is 0 Å². The van der Waals surface area contributed by atoms with Gasteiger partial charge in [0.05, 0.1) is 5.69 Å². The summed E-state index contributed by atoms with van der Waals surface area (Å²) in [6.45, 7) is 5.46. The Morgan fingerprint density at radius 2 is 1.90 bits per heavy atom. The van der Waals surface area contributed by atoms with Crippen molar-refractivity contribution in [3.63, 3.8) is 0 Å². The summed E-state index contributed by atoms with van der Waals surface area (Å²) in [4.78, 5) is 15.7. The third-order valence-electron chi connectivity index (χ3n) is 2.31. The Balaban J connectivity index is 2.68. The van der Waals surface area contributed by atoms with E-state index in [1.165, 1.54) is 6.08 Å². The Labute approximate surface area is 119 Å². The maximum Gasteiger partial charge on any atom is 0.331 e. The molecule has 0 aliphatic rings. The van der Waals surface area contributed by atoms with Crippen LogP contribution >= 0.6 is 0 Å². The van der Waals surface area contributed by atoms with E-state index in [1.807, 2.05) is 26.8 Å². The molecule has 0 aromatic carbocycles. The highest BCUT2D eigenvalue weighted by Crippen LogP contribution is 2.16. The second-order valence-electron chi connectivity index (χ2n) is 5.19. The zero-order valence-corrected chi connectivity index (χ0v) is 12.5. The first kappa shape index (κ1) is 16.3. The third-order valence-corrected chi connectivity index (χ3v) is 2.31. The Hall–Kier alpha value is -1.72. The number of hydrogen-bond acceptors (Lipinski definition) is 5. The summed E-state index contributed by atoms with van der Waals surface area (Å²) >= 11 is 0. The summed E-state index contributed by atoms with van der Waals surface area (Å²) in [5.41, 5.74) is 0.970. The molecule has 0 amide bonds. The van der Waals surface area contributed by atoms with Crippen molar-refractivity contribution in [3.05, 3.63) is 35.7 Å². The molecule has 0 aliphatic heterocycles. The number of pyridine rings is 1. The van der Waals surface area contributed by atoms with Crippen LogP contribution in [0.5, 0.6) is 0 Å². The molecule has 0 saturated heterocycles. The quantitative estimate of drug-likeness (QED) is 0.471. The van der Waals surface area contributed by atoms with Crippen molar-refractivity contribution < 1.29 is 19.0 Å². The smallest absolute Gasteiger partial charge is 0.331 e. The van der Waals surface area contributed by atoms with Gasteiger partial charge in [-0.15, -0.1) is 0 Å². The number of aromatic nitrogens is 1. The van der Waals surface area contributed by atoms with E-state index in [2.05, 4.69) is 4.98 Å². The lowest BCUT2D eigenvalue weighted by molar-refractivity contribution is -0.148. The molecular formula is C15H21NO4. The molecule has 1 heterocycles. The summed E-state index contributed by atoms with van der Waals surface area (Å²) < 4.78 is 15.4. The SMILES string of the molecule is COC(OC)c1ccc(C=CC(=O)OC(C)(C)C)nc1. The fraction of sp³-hybridized carbons (Fsp3) is 0.467. The standard InChI is InChI=1S/C15H21NO4/c1-15(2,3)20-13(17)9-8-12-7-6-11(10-16-12)14(18-4)19-5/h6-10,14H,1-5H3. The van der Waals surface area contributed by atoms with Crippen molar-refractivity contribution in [3.8, 4) is 0 Å². The van der Waals surface area contributed by atoms with Crippen LogP contribution in [0.2, 0.25) is 0 Å². The van der Waals surface area contributed by atoms with Crippen LogP contribution in [0.15, 0.2) is 24.4 Å². The zero-order valence-electron chi connectivity index (χ0n) is 12.5. The maximum atomic E-state index is 11.5. The lowest BCUT2D eigenvalue weighted by atomic mass is 10.2. The zero-order chi connectivity index (χ0) is 15.2. The van der Waals surface area contributed by atoms with Gasteiger partial charge in [0.1, 0.15) is 5.60 Å². The average Bonchev–Trinajstić information content (AvgIpc) is 2.37. The molecule has 20 heavy (non-hydrogen) atoms. The van der Waals surface area contributed by atoms with Gasteiger partial charge in [-0.3, -0.25) is 4.98 Å². The minimum atomic E-state index is -0.497. The molecule has 1 rings (SSSR count). The van der Waals surface area contributed by atoms with Crippen molar-refractivity contribution in [1.29, 1.82) is 0 Å². The topological polar surface area (TPSA) is 57.7 Å². The highest BCUT2D eigenvalue weighted by atomic mass is 16.7.